The minimum Gasteiger partial charge on any atom is -1.00 e. The summed E-state index contributed by atoms with van der Waals surface area (Å²) < 4.78 is 38.4. The normalized spacial score (nSPS) is 13.0. The molecule has 0 rings (SSSR count). The first kappa shape index (κ1) is 22.1. The van der Waals surface area contributed by atoms with Crippen molar-refractivity contribution in [1.82, 2.24) is 0 Å². The molecule has 19 heavy (non-hydrogen) atoms. The van der Waals surface area contributed by atoms with Crippen LogP contribution in [0.2, 0.25) is 0 Å². The van der Waals surface area contributed by atoms with Crippen LogP contribution in [0.15, 0.2) is 0 Å². The monoisotopic (exact) mass is 308 g/mol. The van der Waals surface area contributed by atoms with Gasteiger partial charge in [0.15, 0.2) is 0 Å². The number of unbranched alkanes of at least 4 members (excludes halogenated alkanes) is 5. The van der Waals surface area contributed by atoms with E-state index in [0.29, 0.717) is 6.61 Å². The van der Waals surface area contributed by atoms with Crippen LogP contribution in [0.3, 0.4) is 0 Å². The molecule has 0 spiro atoms. The summed E-state index contributed by atoms with van der Waals surface area (Å²) >= 11 is 0. The summed E-state index contributed by atoms with van der Waals surface area (Å²) in [6.07, 6.45) is 6.01. The molecular formula is C11H25NaO6S. The first-order valence-electron chi connectivity index (χ1n) is 6.34. The smallest absolute Gasteiger partial charge is 1.00 e. The van der Waals surface area contributed by atoms with Gasteiger partial charge in [-0.15, -0.1) is 0 Å². The zero-order chi connectivity index (χ0) is 13.9. The first-order valence-corrected chi connectivity index (χ1v) is 7.70. The van der Waals surface area contributed by atoms with Gasteiger partial charge in [-0.05, 0) is 6.42 Å². The minimum atomic E-state index is -4.47. The molecule has 0 radical (unpaired) electrons. The van der Waals surface area contributed by atoms with Crippen LogP contribution < -0.4 is 29.6 Å². The Morgan fingerprint density at radius 2 is 1.74 bits per heavy atom. The van der Waals surface area contributed by atoms with Crippen molar-refractivity contribution in [1.29, 1.82) is 0 Å². The predicted molar refractivity (Wildman–Crippen MR) is 68.8 cm³/mol. The molecular weight excluding hydrogens is 283 g/mol. The van der Waals surface area contributed by atoms with Crippen molar-refractivity contribution < 1.29 is 58.0 Å². The number of aliphatic hydroxyl groups excluding tert-OH is 1. The van der Waals surface area contributed by atoms with Gasteiger partial charge < -0.3 is 11.3 Å². The Morgan fingerprint density at radius 3 is 2.26 bits per heavy atom. The van der Waals surface area contributed by atoms with Gasteiger partial charge in [0.2, 0.25) is 0 Å². The van der Waals surface area contributed by atoms with Gasteiger partial charge in [0.25, 0.3) is 0 Å². The van der Waals surface area contributed by atoms with Gasteiger partial charge in [-0.25, -0.2) is 4.18 Å². The van der Waals surface area contributed by atoms with Gasteiger partial charge in [-0.1, -0.05) is 39.0 Å². The summed E-state index contributed by atoms with van der Waals surface area (Å²) in [6.45, 7) is 1.90. The maximum atomic E-state index is 10.3. The second-order valence-electron chi connectivity index (χ2n) is 4.16. The SMILES string of the molecule is CCCCCCCCOC(CO)COS(=O)(=O)O.[H-].[Na+]. The quantitative estimate of drug-likeness (QED) is 0.263. The van der Waals surface area contributed by atoms with E-state index in [2.05, 4.69) is 11.1 Å². The zero-order valence-corrected chi connectivity index (χ0v) is 14.7. The van der Waals surface area contributed by atoms with Crippen LogP contribution in [0.1, 0.15) is 46.9 Å². The summed E-state index contributed by atoms with van der Waals surface area (Å²) in [4.78, 5) is 0. The largest absolute Gasteiger partial charge is 1.00 e. The van der Waals surface area contributed by atoms with Crippen LogP contribution >= 0.6 is 0 Å². The molecule has 0 aliphatic carbocycles. The number of aliphatic hydroxyl groups is 1. The third kappa shape index (κ3) is 16.7. The molecule has 0 saturated carbocycles. The molecule has 1 unspecified atom stereocenters. The molecule has 0 saturated heterocycles. The van der Waals surface area contributed by atoms with Crippen LogP contribution in [0.25, 0.3) is 0 Å². The second-order valence-corrected chi connectivity index (χ2v) is 5.25. The predicted octanol–water partition coefficient (Wildman–Crippen LogP) is -1.34. The van der Waals surface area contributed by atoms with Crippen LogP contribution in [0.5, 0.6) is 0 Å². The number of ether oxygens (including phenoxy) is 1. The maximum Gasteiger partial charge on any atom is 1.00 e. The number of hydrogen-bond donors (Lipinski definition) is 2. The molecule has 2 N–H and O–H groups in total. The van der Waals surface area contributed by atoms with E-state index in [-0.39, 0.29) is 44.2 Å². The summed E-state index contributed by atoms with van der Waals surface area (Å²) in [5, 5.41) is 8.91. The van der Waals surface area contributed by atoms with Crippen molar-refractivity contribution in [3.8, 4) is 0 Å². The van der Waals surface area contributed by atoms with Gasteiger partial charge >= 0.3 is 40.0 Å². The molecule has 0 bridgehead atoms. The summed E-state index contributed by atoms with van der Waals surface area (Å²) in [6, 6.07) is 0. The molecule has 0 aromatic rings. The van der Waals surface area contributed by atoms with Gasteiger partial charge in [0.1, 0.15) is 6.10 Å². The van der Waals surface area contributed by atoms with E-state index in [1.165, 1.54) is 19.3 Å². The Labute approximate surface area is 139 Å². The Balaban J connectivity index is -0.00000144. The number of rotatable bonds is 12. The molecule has 0 aromatic carbocycles. The van der Waals surface area contributed by atoms with Crippen molar-refractivity contribution in [2.75, 3.05) is 19.8 Å². The van der Waals surface area contributed by atoms with Crippen LogP contribution in [0.4, 0.5) is 0 Å². The summed E-state index contributed by atoms with van der Waals surface area (Å²) in [5.41, 5.74) is 0. The minimum absolute atomic E-state index is 0. The van der Waals surface area contributed by atoms with Crippen molar-refractivity contribution in [3.05, 3.63) is 0 Å². The van der Waals surface area contributed by atoms with E-state index in [9.17, 15) is 8.42 Å². The Bertz CT molecular complexity index is 289. The van der Waals surface area contributed by atoms with Crippen molar-refractivity contribution >= 4 is 10.4 Å². The fraction of sp³-hybridized carbons (Fsp3) is 1.00. The molecule has 0 aliphatic rings. The second kappa shape index (κ2) is 13.8. The average Bonchev–Trinajstić information content (AvgIpc) is 2.30. The van der Waals surface area contributed by atoms with Gasteiger partial charge in [-0.2, -0.15) is 8.42 Å². The standard InChI is InChI=1S/C11H24O6S.Na.H/c1-2-3-4-5-6-7-8-16-11(9-12)10-17-18(13,14)15;;/h11-12H,2-10H2,1H3,(H,13,14,15);;/q;+1;-1. The van der Waals surface area contributed by atoms with Crippen molar-refractivity contribution in [2.45, 2.75) is 51.6 Å². The van der Waals surface area contributed by atoms with Crippen molar-refractivity contribution in [2.24, 2.45) is 0 Å². The topological polar surface area (TPSA) is 93.1 Å². The average molecular weight is 308 g/mol. The summed E-state index contributed by atoms with van der Waals surface area (Å²) in [5.74, 6) is 0. The molecule has 8 heteroatoms. The Kier molecular flexibility index (Phi) is 16.0. The third-order valence-corrected chi connectivity index (χ3v) is 2.89. The maximum absolute atomic E-state index is 10.3. The Hall–Kier alpha value is 0.790. The van der Waals surface area contributed by atoms with Gasteiger partial charge in [0.05, 0.1) is 13.2 Å². The molecule has 0 aliphatic heterocycles. The fourth-order valence-corrected chi connectivity index (χ4v) is 1.77. The molecule has 6 nitrogen and oxygen atoms in total. The third-order valence-electron chi connectivity index (χ3n) is 2.46. The molecule has 0 fully saturated rings. The van der Waals surface area contributed by atoms with E-state index in [0.717, 1.165) is 19.3 Å². The molecule has 112 valence electrons. The zero-order valence-electron chi connectivity index (χ0n) is 12.9. The van der Waals surface area contributed by atoms with Crippen LogP contribution in [0, 0.1) is 0 Å². The van der Waals surface area contributed by atoms with E-state index >= 15 is 0 Å². The molecule has 1 atom stereocenters. The van der Waals surface area contributed by atoms with Crippen LogP contribution in [-0.2, 0) is 19.3 Å². The van der Waals surface area contributed by atoms with Gasteiger partial charge in [-0.3, -0.25) is 4.55 Å². The van der Waals surface area contributed by atoms with E-state index in [1.54, 1.807) is 0 Å². The van der Waals surface area contributed by atoms with E-state index < -0.39 is 16.5 Å². The van der Waals surface area contributed by atoms with E-state index in [4.69, 9.17) is 14.4 Å². The molecule has 0 heterocycles. The van der Waals surface area contributed by atoms with E-state index in [1.807, 2.05) is 0 Å². The van der Waals surface area contributed by atoms with Crippen LogP contribution in [-0.4, -0.2) is 44.0 Å². The van der Waals surface area contributed by atoms with Gasteiger partial charge in [0, 0.05) is 6.61 Å². The van der Waals surface area contributed by atoms with Crippen molar-refractivity contribution in [3.63, 3.8) is 0 Å². The molecule has 0 aromatic heterocycles. The first-order chi connectivity index (χ1) is 8.49. The summed E-state index contributed by atoms with van der Waals surface area (Å²) in [7, 11) is -4.47. The Morgan fingerprint density at radius 1 is 1.16 bits per heavy atom. The fourth-order valence-electron chi connectivity index (χ4n) is 1.45. The number of hydrogen-bond acceptors (Lipinski definition) is 5. The molecule has 0 amide bonds.